The van der Waals surface area contributed by atoms with Crippen molar-refractivity contribution < 1.29 is 9.59 Å². The second-order valence-electron chi connectivity index (χ2n) is 4.92. The van der Waals surface area contributed by atoms with Crippen LogP contribution in [0.3, 0.4) is 0 Å². The molecule has 114 valence electrons. The number of likely N-dealkylation sites (N-methyl/N-ethyl adjacent to an activating group) is 1. The van der Waals surface area contributed by atoms with Crippen molar-refractivity contribution in [1.82, 2.24) is 10.2 Å². The summed E-state index contributed by atoms with van der Waals surface area (Å²) in [5.74, 6) is -0.377. The van der Waals surface area contributed by atoms with Crippen LogP contribution in [0.25, 0.3) is 0 Å². The van der Waals surface area contributed by atoms with Crippen LogP contribution in [0, 0.1) is 0 Å². The quantitative estimate of drug-likeness (QED) is 0.891. The highest BCUT2D eigenvalue weighted by molar-refractivity contribution is 9.10. The van der Waals surface area contributed by atoms with Crippen molar-refractivity contribution in [3.63, 3.8) is 0 Å². The van der Waals surface area contributed by atoms with Crippen molar-refractivity contribution in [2.45, 2.75) is 6.54 Å². The Balaban J connectivity index is 1.84. The summed E-state index contributed by atoms with van der Waals surface area (Å²) >= 11 is 3.38. The number of nitrogens with zero attached hydrogens (tertiary/aromatic N) is 1. The highest BCUT2D eigenvalue weighted by Crippen LogP contribution is 2.11. The van der Waals surface area contributed by atoms with Crippen LogP contribution in [0.5, 0.6) is 0 Å². The van der Waals surface area contributed by atoms with Crippen molar-refractivity contribution in [3.05, 3.63) is 70.2 Å². The van der Waals surface area contributed by atoms with Gasteiger partial charge in [0.1, 0.15) is 0 Å². The molecule has 0 fully saturated rings. The minimum Gasteiger partial charge on any atom is -0.343 e. The first-order valence-corrected chi connectivity index (χ1v) is 7.67. The van der Waals surface area contributed by atoms with Gasteiger partial charge >= 0.3 is 0 Å². The molecular formula is C17H17BrN2O2. The Labute approximate surface area is 138 Å². The average molecular weight is 361 g/mol. The predicted octanol–water partition coefficient (Wildman–Crippen LogP) is 2.84. The van der Waals surface area contributed by atoms with E-state index < -0.39 is 0 Å². The molecular weight excluding hydrogens is 344 g/mol. The molecule has 0 aliphatic carbocycles. The van der Waals surface area contributed by atoms with E-state index in [2.05, 4.69) is 21.2 Å². The third-order valence-corrected chi connectivity index (χ3v) is 3.72. The van der Waals surface area contributed by atoms with Crippen LogP contribution in [0.15, 0.2) is 59.1 Å². The van der Waals surface area contributed by atoms with Crippen LogP contribution in [-0.2, 0) is 11.3 Å². The lowest BCUT2D eigenvalue weighted by Crippen LogP contribution is -2.37. The number of hydrogen-bond donors (Lipinski definition) is 1. The van der Waals surface area contributed by atoms with Crippen LogP contribution in [0.4, 0.5) is 0 Å². The van der Waals surface area contributed by atoms with Gasteiger partial charge in [-0.3, -0.25) is 9.59 Å². The van der Waals surface area contributed by atoms with Gasteiger partial charge in [0.15, 0.2) is 0 Å². The summed E-state index contributed by atoms with van der Waals surface area (Å²) in [5.41, 5.74) is 1.58. The zero-order valence-corrected chi connectivity index (χ0v) is 13.8. The average Bonchev–Trinajstić information content (AvgIpc) is 2.55. The Morgan fingerprint density at radius 3 is 2.32 bits per heavy atom. The number of carbonyl (C=O) groups excluding carboxylic acids is 2. The minimum absolute atomic E-state index is 0.0131. The zero-order valence-electron chi connectivity index (χ0n) is 12.3. The fourth-order valence-corrected chi connectivity index (χ4v) is 2.20. The number of rotatable bonds is 5. The summed E-state index contributed by atoms with van der Waals surface area (Å²) in [6.45, 7) is 0.494. The Morgan fingerprint density at radius 2 is 1.68 bits per heavy atom. The van der Waals surface area contributed by atoms with Gasteiger partial charge in [0, 0.05) is 23.6 Å². The van der Waals surface area contributed by atoms with E-state index in [-0.39, 0.29) is 18.4 Å². The van der Waals surface area contributed by atoms with Gasteiger partial charge < -0.3 is 10.2 Å². The number of benzene rings is 2. The zero-order chi connectivity index (χ0) is 15.9. The highest BCUT2D eigenvalue weighted by Gasteiger charge is 2.11. The van der Waals surface area contributed by atoms with Crippen LogP contribution >= 0.6 is 15.9 Å². The van der Waals surface area contributed by atoms with E-state index in [1.165, 1.54) is 0 Å². The topological polar surface area (TPSA) is 49.4 Å². The standard InChI is InChI=1S/C17H17BrN2O2/c1-20(12-13-7-9-15(18)10-8-13)16(21)11-19-17(22)14-5-3-2-4-6-14/h2-10H,11-12H2,1H3,(H,19,22). The Bertz CT molecular complexity index is 641. The molecule has 0 aromatic heterocycles. The van der Waals surface area contributed by atoms with Gasteiger partial charge in [-0.2, -0.15) is 0 Å². The first kappa shape index (κ1) is 16.2. The highest BCUT2D eigenvalue weighted by atomic mass is 79.9. The second kappa shape index (κ2) is 7.75. The molecule has 4 nitrogen and oxygen atoms in total. The summed E-state index contributed by atoms with van der Waals surface area (Å²) in [6.07, 6.45) is 0. The molecule has 0 unspecified atom stereocenters. The summed E-state index contributed by atoms with van der Waals surface area (Å²) in [4.78, 5) is 25.5. The Morgan fingerprint density at radius 1 is 1.05 bits per heavy atom. The molecule has 0 spiro atoms. The van der Waals surface area contributed by atoms with E-state index >= 15 is 0 Å². The molecule has 1 N–H and O–H groups in total. The fraction of sp³-hybridized carbons (Fsp3) is 0.176. The Hall–Kier alpha value is -2.14. The molecule has 22 heavy (non-hydrogen) atoms. The lowest BCUT2D eigenvalue weighted by molar-refractivity contribution is -0.129. The lowest BCUT2D eigenvalue weighted by Gasteiger charge is -2.17. The van der Waals surface area contributed by atoms with Crippen molar-refractivity contribution in [2.24, 2.45) is 0 Å². The SMILES string of the molecule is CN(Cc1ccc(Br)cc1)C(=O)CNC(=O)c1ccccc1. The summed E-state index contributed by atoms with van der Waals surface area (Å²) in [6, 6.07) is 16.6. The van der Waals surface area contributed by atoms with Crippen LogP contribution in [0.2, 0.25) is 0 Å². The smallest absolute Gasteiger partial charge is 0.251 e. The first-order valence-electron chi connectivity index (χ1n) is 6.88. The third kappa shape index (κ3) is 4.70. The molecule has 2 aromatic carbocycles. The van der Waals surface area contributed by atoms with Gasteiger partial charge in [-0.1, -0.05) is 46.3 Å². The molecule has 2 rings (SSSR count). The number of nitrogens with one attached hydrogen (secondary N) is 1. The molecule has 5 heteroatoms. The molecule has 2 aromatic rings. The number of carbonyl (C=O) groups is 2. The van der Waals surface area contributed by atoms with Crippen LogP contribution in [0.1, 0.15) is 15.9 Å². The molecule has 0 atom stereocenters. The van der Waals surface area contributed by atoms with Crippen molar-refractivity contribution in [2.75, 3.05) is 13.6 Å². The lowest BCUT2D eigenvalue weighted by atomic mass is 10.2. The van der Waals surface area contributed by atoms with E-state index in [1.807, 2.05) is 30.3 Å². The van der Waals surface area contributed by atoms with E-state index in [1.54, 1.807) is 36.2 Å². The number of amides is 2. The molecule has 0 aliphatic heterocycles. The van der Waals surface area contributed by atoms with E-state index in [0.717, 1.165) is 10.0 Å². The number of hydrogen-bond acceptors (Lipinski definition) is 2. The normalized spacial score (nSPS) is 10.1. The molecule has 0 heterocycles. The summed E-state index contributed by atoms with van der Waals surface area (Å²) in [5, 5.41) is 2.64. The molecule has 0 aliphatic rings. The van der Waals surface area contributed by atoms with E-state index in [4.69, 9.17) is 0 Å². The van der Waals surface area contributed by atoms with Crippen molar-refractivity contribution in [1.29, 1.82) is 0 Å². The summed E-state index contributed by atoms with van der Waals surface area (Å²) in [7, 11) is 1.72. The first-order chi connectivity index (χ1) is 10.6. The fourth-order valence-electron chi connectivity index (χ4n) is 1.93. The summed E-state index contributed by atoms with van der Waals surface area (Å²) < 4.78 is 1.00. The van der Waals surface area contributed by atoms with Gasteiger partial charge in [-0.25, -0.2) is 0 Å². The van der Waals surface area contributed by atoms with Gasteiger partial charge in [-0.05, 0) is 29.8 Å². The maximum atomic E-state index is 12.1. The predicted molar refractivity (Wildman–Crippen MR) is 89.4 cm³/mol. The largest absolute Gasteiger partial charge is 0.343 e. The van der Waals surface area contributed by atoms with Gasteiger partial charge in [0.25, 0.3) is 5.91 Å². The third-order valence-electron chi connectivity index (χ3n) is 3.19. The Kier molecular flexibility index (Phi) is 5.72. The second-order valence-corrected chi connectivity index (χ2v) is 5.84. The monoisotopic (exact) mass is 360 g/mol. The van der Waals surface area contributed by atoms with Gasteiger partial charge in [0.05, 0.1) is 6.54 Å². The maximum Gasteiger partial charge on any atom is 0.251 e. The minimum atomic E-state index is -0.244. The van der Waals surface area contributed by atoms with Crippen molar-refractivity contribution in [3.8, 4) is 0 Å². The van der Waals surface area contributed by atoms with Crippen molar-refractivity contribution >= 4 is 27.7 Å². The number of halogens is 1. The van der Waals surface area contributed by atoms with Gasteiger partial charge in [0.2, 0.25) is 5.91 Å². The van der Waals surface area contributed by atoms with Crippen LogP contribution < -0.4 is 5.32 Å². The molecule has 0 radical (unpaired) electrons. The van der Waals surface area contributed by atoms with Gasteiger partial charge in [-0.15, -0.1) is 0 Å². The molecule has 2 amide bonds. The maximum absolute atomic E-state index is 12.1. The van der Waals surface area contributed by atoms with E-state index in [9.17, 15) is 9.59 Å². The molecule has 0 saturated heterocycles. The van der Waals surface area contributed by atoms with Crippen LogP contribution in [-0.4, -0.2) is 30.3 Å². The van der Waals surface area contributed by atoms with E-state index in [0.29, 0.717) is 12.1 Å². The molecule has 0 bridgehead atoms. The molecule has 0 saturated carbocycles.